The van der Waals surface area contributed by atoms with Crippen molar-refractivity contribution >= 4 is 23.4 Å². The molecule has 1 amide bonds. The second-order valence-corrected chi connectivity index (χ2v) is 6.84. The summed E-state index contributed by atoms with van der Waals surface area (Å²) >= 11 is 1.36. The molecule has 0 radical (unpaired) electrons. The first-order valence-corrected chi connectivity index (χ1v) is 8.81. The van der Waals surface area contributed by atoms with Gasteiger partial charge in [-0.05, 0) is 30.9 Å². The Hall–Kier alpha value is -2.08. The fourth-order valence-corrected chi connectivity index (χ4v) is 3.86. The van der Waals surface area contributed by atoms with Gasteiger partial charge < -0.3 is 9.47 Å². The highest BCUT2D eigenvalue weighted by atomic mass is 32.2. The number of carbonyl (C=O) groups is 1. The summed E-state index contributed by atoms with van der Waals surface area (Å²) in [4.78, 5) is 30.0. The van der Waals surface area contributed by atoms with Crippen LogP contribution in [0.2, 0.25) is 0 Å². The number of amides is 1. The Balaban J connectivity index is 1.49. The minimum atomic E-state index is -0.247. The van der Waals surface area contributed by atoms with Crippen molar-refractivity contribution < 1.29 is 4.79 Å². The van der Waals surface area contributed by atoms with Crippen LogP contribution >= 0.6 is 11.8 Å². The van der Waals surface area contributed by atoms with E-state index < -0.39 is 0 Å². The van der Waals surface area contributed by atoms with E-state index in [-0.39, 0.29) is 11.5 Å². The molecule has 0 N–H and O–H groups in total. The standard InChI is InChI=1S/C17H17N3O2S/c21-15-8-10-19(13-5-6-13)17(18-15)23-11-16(22)20-9-7-12-3-1-2-4-14(12)20/h1-4,8,10,13H,5-7,9,11H2. The molecule has 2 aliphatic rings. The lowest BCUT2D eigenvalue weighted by molar-refractivity contribution is -0.116. The van der Waals surface area contributed by atoms with Gasteiger partial charge in [0.2, 0.25) is 5.91 Å². The van der Waals surface area contributed by atoms with Gasteiger partial charge in [-0.2, -0.15) is 4.98 Å². The molecule has 1 aromatic heterocycles. The maximum Gasteiger partial charge on any atom is 0.273 e. The summed E-state index contributed by atoms with van der Waals surface area (Å²) < 4.78 is 2.03. The molecule has 6 heteroatoms. The topological polar surface area (TPSA) is 55.2 Å². The SMILES string of the molecule is O=C(CSc1nc(=O)ccn1C1CC1)N1CCc2ccccc21. The molecule has 2 aromatic rings. The second-order valence-electron chi connectivity index (χ2n) is 5.90. The summed E-state index contributed by atoms with van der Waals surface area (Å²) in [7, 11) is 0. The fraction of sp³-hybridized carbons (Fsp3) is 0.353. The Morgan fingerprint density at radius 2 is 2.09 bits per heavy atom. The Labute approximate surface area is 138 Å². The maximum atomic E-state index is 12.6. The van der Waals surface area contributed by atoms with Crippen LogP contribution in [0.25, 0.3) is 0 Å². The van der Waals surface area contributed by atoms with Crippen molar-refractivity contribution in [1.29, 1.82) is 0 Å². The molecule has 5 nitrogen and oxygen atoms in total. The van der Waals surface area contributed by atoms with E-state index in [2.05, 4.69) is 11.1 Å². The molecule has 0 unspecified atom stereocenters. The van der Waals surface area contributed by atoms with Crippen LogP contribution < -0.4 is 10.5 Å². The molecule has 1 aromatic carbocycles. The van der Waals surface area contributed by atoms with Crippen LogP contribution in [0, 0.1) is 0 Å². The Bertz CT molecular complexity index is 813. The Morgan fingerprint density at radius 3 is 2.91 bits per heavy atom. The summed E-state index contributed by atoms with van der Waals surface area (Å²) in [5.41, 5.74) is 1.99. The molecule has 0 bridgehead atoms. The van der Waals surface area contributed by atoms with E-state index in [1.54, 1.807) is 6.20 Å². The second kappa shape index (κ2) is 5.85. The van der Waals surface area contributed by atoms with Crippen LogP contribution in [0.15, 0.2) is 46.5 Å². The maximum absolute atomic E-state index is 12.6. The highest BCUT2D eigenvalue weighted by Crippen LogP contribution is 2.37. The molecule has 0 atom stereocenters. The third-order valence-corrected chi connectivity index (χ3v) is 5.21. The molecule has 0 saturated heterocycles. The lowest BCUT2D eigenvalue weighted by Crippen LogP contribution is -2.30. The quantitative estimate of drug-likeness (QED) is 0.638. The number of hydrogen-bond acceptors (Lipinski definition) is 4. The third-order valence-electron chi connectivity index (χ3n) is 4.26. The van der Waals surface area contributed by atoms with Gasteiger partial charge in [0, 0.05) is 30.5 Å². The van der Waals surface area contributed by atoms with Gasteiger partial charge in [0.05, 0.1) is 5.75 Å². The van der Waals surface area contributed by atoms with Gasteiger partial charge in [0.1, 0.15) is 0 Å². The molecule has 1 aliphatic heterocycles. The molecule has 2 heterocycles. The van der Waals surface area contributed by atoms with Crippen molar-refractivity contribution in [2.24, 2.45) is 0 Å². The largest absolute Gasteiger partial charge is 0.324 e. The first kappa shape index (κ1) is 14.5. The average molecular weight is 327 g/mol. The van der Waals surface area contributed by atoms with E-state index in [0.29, 0.717) is 17.0 Å². The van der Waals surface area contributed by atoms with Crippen LogP contribution in [0.3, 0.4) is 0 Å². The summed E-state index contributed by atoms with van der Waals surface area (Å²) in [5.74, 6) is 0.373. The highest BCUT2D eigenvalue weighted by Gasteiger charge is 2.27. The molecule has 23 heavy (non-hydrogen) atoms. The van der Waals surface area contributed by atoms with Gasteiger partial charge in [0.25, 0.3) is 5.56 Å². The number of carbonyl (C=O) groups excluding carboxylic acids is 1. The van der Waals surface area contributed by atoms with E-state index >= 15 is 0 Å². The lowest BCUT2D eigenvalue weighted by Gasteiger charge is -2.17. The molecule has 118 valence electrons. The number of aromatic nitrogens is 2. The van der Waals surface area contributed by atoms with Gasteiger partial charge in [-0.1, -0.05) is 30.0 Å². The zero-order valence-electron chi connectivity index (χ0n) is 12.6. The monoisotopic (exact) mass is 327 g/mol. The zero-order valence-corrected chi connectivity index (χ0v) is 13.5. The summed E-state index contributed by atoms with van der Waals surface area (Å²) in [6.07, 6.45) is 4.94. The van der Waals surface area contributed by atoms with Crippen molar-refractivity contribution in [1.82, 2.24) is 9.55 Å². The third kappa shape index (κ3) is 2.91. The number of thioether (sulfide) groups is 1. The Morgan fingerprint density at radius 1 is 1.26 bits per heavy atom. The van der Waals surface area contributed by atoms with Crippen LogP contribution in [0.1, 0.15) is 24.4 Å². The van der Waals surface area contributed by atoms with Crippen LogP contribution in [-0.4, -0.2) is 27.8 Å². The van der Waals surface area contributed by atoms with E-state index in [1.165, 1.54) is 23.4 Å². The molecule has 4 rings (SSSR count). The number of para-hydroxylation sites is 1. The van der Waals surface area contributed by atoms with Gasteiger partial charge in [-0.15, -0.1) is 0 Å². The number of nitrogens with zero attached hydrogens (tertiary/aromatic N) is 3. The average Bonchev–Trinajstić information content (AvgIpc) is 3.31. The number of fused-ring (bicyclic) bond motifs is 1. The smallest absolute Gasteiger partial charge is 0.273 e. The highest BCUT2D eigenvalue weighted by molar-refractivity contribution is 7.99. The fourth-order valence-electron chi connectivity index (χ4n) is 2.94. The Kier molecular flexibility index (Phi) is 3.69. The first-order chi connectivity index (χ1) is 11.2. The molecule has 1 saturated carbocycles. The van der Waals surface area contributed by atoms with E-state index in [1.807, 2.05) is 27.7 Å². The number of anilines is 1. The van der Waals surface area contributed by atoms with Crippen molar-refractivity contribution in [2.45, 2.75) is 30.5 Å². The van der Waals surface area contributed by atoms with Gasteiger partial charge in [-0.25, -0.2) is 0 Å². The van der Waals surface area contributed by atoms with Crippen molar-refractivity contribution in [3.8, 4) is 0 Å². The van der Waals surface area contributed by atoms with E-state index in [4.69, 9.17) is 0 Å². The predicted octanol–water partition coefficient (Wildman–Crippen LogP) is 2.26. The van der Waals surface area contributed by atoms with Gasteiger partial charge >= 0.3 is 0 Å². The number of hydrogen-bond donors (Lipinski definition) is 0. The first-order valence-electron chi connectivity index (χ1n) is 7.82. The number of rotatable bonds is 4. The normalized spacial score (nSPS) is 16.4. The molecule has 0 spiro atoms. The van der Waals surface area contributed by atoms with Crippen LogP contribution in [-0.2, 0) is 11.2 Å². The van der Waals surface area contributed by atoms with Gasteiger partial charge in [-0.3, -0.25) is 9.59 Å². The molecule has 1 aliphatic carbocycles. The molecular formula is C17H17N3O2S. The van der Waals surface area contributed by atoms with Crippen molar-refractivity contribution in [2.75, 3.05) is 17.2 Å². The minimum Gasteiger partial charge on any atom is -0.324 e. The summed E-state index contributed by atoms with van der Waals surface area (Å²) in [6, 6.07) is 9.95. The van der Waals surface area contributed by atoms with Crippen LogP contribution in [0.5, 0.6) is 0 Å². The van der Waals surface area contributed by atoms with Crippen molar-refractivity contribution in [3.63, 3.8) is 0 Å². The number of benzene rings is 1. The zero-order chi connectivity index (χ0) is 15.8. The lowest BCUT2D eigenvalue weighted by atomic mass is 10.2. The van der Waals surface area contributed by atoms with Crippen molar-refractivity contribution in [3.05, 3.63) is 52.4 Å². The van der Waals surface area contributed by atoms with E-state index in [9.17, 15) is 9.59 Å². The molecule has 1 fully saturated rings. The summed E-state index contributed by atoms with van der Waals surface area (Å²) in [5, 5.41) is 0.654. The van der Waals surface area contributed by atoms with E-state index in [0.717, 1.165) is 31.5 Å². The minimum absolute atomic E-state index is 0.0698. The summed E-state index contributed by atoms with van der Waals surface area (Å²) in [6.45, 7) is 0.733. The van der Waals surface area contributed by atoms with Crippen LogP contribution in [0.4, 0.5) is 5.69 Å². The van der Waals surface area contributed by atoms with Gasteiger partial charge in [0.15, 0.2) is 5.16 Å². The molecular weight excluding hydrogens is 310 g/mol. The predicted molar refractivity (Wildman–Crippen MR) is 90.0 cm³/mol.